The molecule has 1 aliphatic rings. The number of carbonyl (C=O) groups excluding carboxylic acids is 2. The number of anilines is 1. The van der Waals surface area contributed by atoms with E-state index < -0.39 is 11.5 Å². The minimum Gasteiger partial charge on any atom is -0.493 e. The van der Waals surface area contributed by atoms with Crippen LogP contribution in [-0.4, -0.2) is 31.0 Å². The summed E-state index contributed by atoms with van der Waals surface area (Å²) < 4.78 is 10.5. The van der Waals surface area contributed by atoms with E-state index in [0.717, 1.165) is 16.3 Å². The molecule has 6 nitrogen and oxygen atoms in total. The topological polar surface area (TPSA) is 76.1 Å². The van der Waals surface area contributed by atoms with Gasteiger partial charge in [-0.2, -0.15) is 0 Å². The Bertz CT molecular complexity index is 1440. The number of carbonyl (C=O) groups is 2. The Morgan fingerprint density at radius 1 is 0.886 bits per heavy atom. The minimum absolute atomic E-state index is 0.282. The van der Waals surface area contributed by atoms with Gasteiger partial charge in [0.2, 0.25) is 0 Å². The van der Waals surface area contributed by atoms with Crippen molar-refractivity contribution in [2.45, 2.75) is 18.6 Å². The number of rotatable bonds is 7. The number of benzene rings is 4. The molecule has 0 bridgehead atoms. The van der Waals surface area contributed by atoms with Crippen LogP contribution in [0.1, 0.15) is 27.9 Å². The zero-order chi connectivity index (χ0) is 24.6. The van der Waals surface area contributed by atoms with Crippen LogP contribution in [0.4, 0.5) is 5.69 Å². The van der Waals surface area contributed by atoms with E-state index in [1.54, 1.807) is 41.3 Å². The second-order valence-corrected chi connectivity index (χ2v) is 8.58. The van der Waals surface area contributed by atoms with Gasteiger partial charge in [-0.25, -0.2) is 0 Å². The molecule has 176 valence electrons. The maximum absolute atomic E-state index is 13.7. The number of amides is 1. The number of aliphatic hydroxyl groups is 1. The summed E-state index contributed by atoms with van der Waals surface area (Å²) in [6.45, 7) is 0.282. The fourth-order valence-corrected chi connectivity index (χ4v) is 4.78. The molecule has 1 atom stereocenters. The number of hydrogen-bond donors (Lipinski definition) is 1. The summed E-state index contributed by atoms with van der Waals surface area (Å²) in [4.78, 5) is 28.5. The number of nitrogens with zero attached hydrogens (tertiary/aromatic N) is 1. The summed E-state index contributed by atoms with van der Waals surface area (Å²) in [5.74, 6) is 0.0106. The molecule has 4 aromatic carbocycles. The van der Waals surface area contributed by atoms with Gasteiger partial charge in [-0.3, -0.25) is 9.59 Å². The van der Waals surface area contributed by atoms with Gasteiger partial charge >= 0.3 is 0 Å². The number of Topliss-reactive ketones (excluding diaryl/α,β-unsaturated/α-hetero) is 1. The van der Waals surface area contributed by atoms with E-state index in [1.165, 1.54) is 14.2 Å². The number of para-hydroxylation sites is 1. The van der Waals surface area contributed by atoms with E-state index >= 15 is 0 Å². The van der Waals surface area contributed by atoms with E-state index in [0.29, 0.717) is 28.3 Å². The quantitative estimate of drug-likeness (QED) is 0.393. The van der Waals surface area contributed by atoms with Crippen LogP contribution in [0.5, 0.6) is 11.5 Å². The van der Waals surface area contributed by atoms with Crippen LogP contribution in [0.2, 0.25) is 0 Å². The predicted molar refractivity (Wildman–Crippen MR) is 134 cm³/mol. The van der Waals surface area contributed by atoms with Gasteiger partial charge in [0.15, 0.2) is 22.9 Å². The summed E-state index contributed by atoms with van der Waals surface area (Å²) >= 11 is 0. The van der Waals surface area contributed by atoms with Crippen molar-refractivity contribution in [2.24, 2.45) is 0 Å². The zero-order valence-electron chi connectivity index (χ0n) is 19.5. The molecule has 5 rings (SSSR count). The molecule has 4 aromatic rings. The van der Waals surface area contributed by atoms with Gasteiger partial charge in [0.05, 0.1) is 32.9 Å². The summed E-state index contributed by atoms with van der Waals surface area (Å²) in [6.07, 6.45) is -0.385. The number of fused-ring (bicyclic) bond motifs is 2. The van der Waals surface area contributed by atoms with Crippen LogP contribution >= 0.6 is 0 Å². The SMILES string of the molecule is COc1ccc(C(=O)C[C@]2(O)C(=O)N(Cc3cccc4ccccc34)c3ccccc32)cc1OC. The standard InChI is InChI=1S/C29H25NO5/c1-34-26-15-14-20(16-27(26)35-2)25(31)17-29(33)23-12-5-6-13-24(23)30(28(29)32)18-21-10-7-9-19-8-3-4-11-22(19)21/h3-16,33H,17-18H2,1-2H3/t29-/m1/s1. The van der Waals surface area contributed by atoms with Gasteiger partial charge in [0, 0.05) is 11.1 Å². The van der Waals surface area contributed by atoms with Gasteiger partial charge in [0.25, 0.3) is 5.91 Å². The first-order chi connectivity index (χ1) is 17.0. The molecular formula is C29H25NO5. The maximum Gasteiger partial charge on any atom is 0.264 e. The van der Waals surface area contributed by atoms with Gasteiger partial charge in [-0.15, -0.1) is 0 Å². The third kappa shape index (κ3) is 3.82. The van der Waals surface area contributed by atoms with Crippen molar-refractivity contribution < 1.29 is 24.2 Å². The fraction of sp³-hybridized carbons (Fsp3) is 0.172. The van der Waals surface area contributed by atoms with Crippen molar-refractivity contribution in [3.05, 3.63) is 102 Å². The highest BCUT2D eigenvalue weighted by molar-refractivity contribution is 6.11. The second kappa shape index (κ2) is 8.89. The third-order valence-corrected chi connectivity index (χ3v) is 6.57. The minimum atomic E-state index is -1.97. The molecule has 35 heavy (non-hydrogen) atoms. The van der Waals surface area contributed by atoms with Crippen molar-refractivity contribution in [2.75, 3.05) is 19.1 Å². The van der Waals surface area contributed by atoms with Crippen LogP contribution in [-0.2, 0) is 16.9 Å². The molecule has 0 saturated carbocycles. The van der Waals surface area contributed by atoms with Crippen LogP contribution in [0, 0.1) is 0 Å². The second-order valence-electron chi connectivity index (χ2n) is 8.58. The molecule has 1 aliphatic heterocycles. The van der Waals surface area contributed by atoms with Crippen molar-refractivity contribution in [1.82, 2.24) is 0 Å². The number of hydrogen-bond acceptors (Lipinski definition) is 5. The Balaban J connectivity index is 1.49. The first kappa shape index (κ1) is 22.6. The Labute approximate surface area is 203 Å². The van der Waals surface area contributed by atoms with E-state index in [4.69, 9.17) is 9.47 Å². The van der Waals surface area contributed by atoms with Crippen LogP contribution < -0.4 is 14.4 Å². The van der Waals surface area contributed by atoms with Crippen molar-refractivity contribution in [3.63, 3.8) is 0 Å². The molecule has 0 radical (unpaired) electrons. The molecular weight excluding hydrogens is 442 g/mol. The number of methoxy groups -OCH3 is 2. The van der Waals surface area contributed by atoms with Crippen molar-refractivity contribution >= 4 is 28.2 Å². The summed E-state index contributed by atoms with van der Waals surface area (Å²) in [5, 5.41) is 13.8. The van der Waals surface area contributed by atoms with Crippen LogP contribution in [0.25, 0.3) is 10.8 Å². The summed E-state index contributed by atoms with van der Waals surface area (Å²) in [5.41, 5.74) is 0.355. The van der Waals surface area contributed by atoms with Gasteiger partial charge in [-0.1, -0.05) is 60.7 Å². The molecule has 1 heterocycles. The monoisotopic (exact) mass is 467 g/mol. The van der Waals surface area contributed by atoms with Gasteiger partial charge < -0.3 is 19.5 Å². The van der Waals surface area contributed by atoms with Crippen molar-refractivity contribution in [1.29, 1.82) is 0 Å². The summed E-state index contributed by atoms with van der Waals surface area (Å²) in [6, 6.07) is 25.8. The zero-order valence-corrected chi connectivity index (χ0v) is 19.5. The van der Waals surface area contributed by atoms with E-state index in [1.807, 2.05) is 48.5 Å². The lowest BCUT2D eigenvalue weighted by Gasteiger charge is -2.23. The number of ketones is 1. The van der Waals surface area contributed by atoms with E-state index in [9.17, 15) is 14.7 Å². The maximum atomic E-state index is 13.7. The Kier molecular flexibility index (Phi) is 5.75. The Hall–Kier alpha value is -4.16. The molecule has 0 fully saturated rings. The highest BCUT2D eigenvalue weighted by atomic mass is 16.5. The normalized spacial score (nSPS) is 16.9. The largest absolute Gasteiger partial charge is 0.493 e. The molecule has 0 aromatic heterocycles. The lowest BCUT2D eigenvalue weighted by atomic mass is 9.88. The molecule has 1 amide bonds. The Morgan fingerprint density at radius 3 is 2.40 bits per heavy atom. The fourth-order valence-electron chi connectivity index (χ4n) is 4.78. The van der Waals surface area contributed by atoms with Crippen molar-refractivity contribution in [3.8, 4) is 11.5 Å². The lowest BCUT2D eigenvalue weighted by Crippen LogP contribution is -2.41. The smallest absolute Gasteiger partial charge is 0.264 e. The summed E-state index contributed by atoms with van der Waals surface area (Å²) in [7, 11) is 3.00. The van der Waals surface area contributed by atoms with Crippen LogP contribution in [0.3, 0.4) is 0 Å². The van der Waals surface area contributed by atoms with Crippen LogP contribution in [0.15, 0.2) is 84.9 Å². The molecule has 6 heteroatoms. The predicted octanol–water partition coefficient (Wildman–Crippen LogP) is 4.86. The van der Waals surface area contributed by atoms with E-state index in [2.05, 4.69) is 0 Å². The molecule has 0 aliphatic carbocycles. The first-order valence-electron chi connectivity index (χ1n) is 11.3. The first-order valence-corrected chi connectivity index (χ1v) is 11.3. The highest BCUT2D eigenvalue weighted by Crippen LogP contribution is 2.44. The highest BCUT2D eigenvalue weighted by Gasteiger charge is 2.50. The lowest BCUT2D eigenvalue weighted by molar-refractivity contribution is -0.136. The van der Waals surface area contributed by atoms with E-state index in [-0.39, 0.29) is 18.7 Å². The molecule has 0 unspecified atom stereocenters. The third-order valence-electron chi connectivity index (χ3n) is 6.57. The number of ether oxygens (including phenoxy) is 2. The van der Waals surface area contributed by atoms with Gasteiger partial charge in [0.1, 0.15) is 0 Å². The molecule has 0 saturated heterocycles. The molecule has 0 spiro atoms. The average molecular weight is 468 g/mol. The molecule has 1 N–H and O–H groups in total. The average Bonchev–Trinajstić information content (AvgIpc) is 3.10. The van der Waals surface area contributed by atoms with Gasteiger partial charge in [-0.05, 0) is 40.6 Å². The Morgan fingerprint density at radius 2 is 1.60 bits per heavy atom.